The summed E-state index contributed by atoms with van der Waals surface area (Å²) in [4.78, 5) is 11.3. The Hall–Kier alpha value is -1.59. The van der Waals surface area contributed by atoms with Crippen LogP contribution < -0.4 is 0 Å². The topological polar surface area (TPSA) is 29.0 Å². The third kappa shape index (κ3) is 3.67. The molecule has 3 nitrogen and oxygen atoms in total. The van der Waals surface area contributed by atoms with Crippen LogP contribution in [0, 0.1) is 0 Å². The number of halogens is 3. The number of hydrogen-bond acceptors (Lipinski definition) is 3. The zero-order valence-electron chi connectivity index (χ0n) is 13.9. The molecule has 0 radical (unpaired) electrons. The maximum Gasteiger partial charge on any atom is 0.248 e. The van der Waals surface area contributed by atoms with Gasteiger partial charge in [-0.3, -0.25) is 4.90 Å². The molecule has 0 bridgehead atoms. The number of rotatable bonds is 3. The maximum absolute atomic E-state index is 13.5. The van der Waals surface area contributed by atoms with Crippen LogP contribution in [0.25, 0.3) is 0 Å². The minimum Gasteiger partial charge on any atom is -0.294 e. The molecule has 132 valence electrons. The van der Waals surface area contributed by atoms with Gasteiger partial charge in [-0.1, -0.05) is 41.9 Å². The summed E-state index contributed by atoms with van der Waals surface area (Å²) in [6, 6.07) is 10.3. The lowest BCUT2D eigenvalue weighted by atomic mass is 10.0. The van der Waals surface area contributed by atoms with Crippen LogP contribution in [0.5, 0.6) is 0 Å². The van der Waals surface area contributed by atoms with Crippen molar-refractivity contribution in [3.63, 3.8) is 0 Å². The minimum atomic E-state index is -2.59. The number of alkyl halides is 2. The number of nitrogens with zero attached hydrogens (tertiary/aromatic N) is 3. The van der Waals surface area contributed by atoms with Crippen molar-refractivity contribution in [2.75, 3.05) is 6.54 Å². The van der Waals surface area contributed by atoms with Crippen LogP contribution in [0.3, 0.4) is 0 Å². The third-order valence-corrected chi connectivity index (χ3v) is 5.44. The largest absolute Gasteiger partial charge is 0.294 e. The molecule has 1 saturated carbocycles. The molecule has 0 amide bonds. The normalized spacial score (nSPS) is 22.8. The van der Waals surface area contributed by atoms with Gasteiger partial charge in [0.25, 0.3) is 0 Å². The summed E-state index contributed by atoms with van der Waals surface area (Å²) in [5, 5.41) is 0.424. The van der Waals surface area contributed by atoms with E-state index in [-0.39, 0.29) is 18.8 Å². The smallest absolute Gasteiger partial charge is 0.248 e. The average Bonchev–Trinajstić information content (AvgIpc) is 2.96. The van der Waals surface area contributed by atoms with Gasteiger partial charge in [0.2, 0.25) is 5.92 Å². The number of aromatic nitrogens is 2. The van der Waals surface area contributed by atoms with Crippen LogP contribution in [0.4, 0.5) is 8.78 Å². The molecule has 1 aromatic heterocycles. The quantitative estimate of drug-likeness (QED) is 0.747. The van der Waals surface area contributed by atoms with Crippen LogP contribution >= 0.6 is 11.6 Å². The Bertz CT molecular complexity index is 767. The second-order valence-corrected chi connectivity index (χ2v) is 7.40. The highest BCUT2D eigenvalue weighted by Crippen LogP contribution is 2.43. The van der Waals surface area contributed by atoms with E-state index < -0.39 is 5.92 Å². The van der Waals surface area contributed by atoms with Gasteiger partial charge in [-0.15, -0.1) is 0 Å². The number of hydrogen-bond donors (Lipinski definition) is 0. The second-order valence-electron chi connectivity index (χ2n) is 7.04. The van der Waals surface area contributed by atoms with E-state index in [1.165, 1.54) is 5.56 Å². The fraction of sp³-hybridized carbons (Fsp3) is 0.474. The van der Waals surface area contributed by atoms with Gasteiger partial charge < -0.3 is 0 Å². The molecule has 2 heterocycles. The first-order chi connectivity index (χ1) is 12.0. The lowest BCUT2D eigenvalue weighted by Gasteiger charge is -2.29. The van der Waals surface area contributed by atoms with Gasteiger partial charge in [-0.25, -0.2) is 18.7 Å². The van der Waals surface area contributed by atoms with E-state index in [2.05, 4.69) is 27.0 Å². The van der Waals surface area contributed by atoms with Crippen LogP contribution in [-0.4, -0.2) is 27.3 Å². The summed E-state index contributed by atoms with van der Waals surface area (Å²) >= 11 is 6.40. The molecule has 25 heavy (non-hydrogen) atoms. The molecule has 1 fully saturated rings. The molecule has 1 aromatic carbocycles. The highest BCUT2D eigenvalue weighted by molar-refractivity contribution is 6.30. The van der Waals surface area contributed by atoms with Crippen molar-refractivity contribution in [2.24, 2.45) is 0 Å². The van der Waals surface area contributed by atoms with E-state index in [0.717, 1.165) is 30.8 Å². The van der Waals surface area contributed by atoms with Crippen molar-refractivity contribution in [1.29, 1.82) is 0 Å². The Morgan fingerprint density at radius 3 is 2.72 bits per heavy atom. The zero-order chi connectivity index (χ0) is 17.4. The van der Waals surface area contributed by atoms with E-state index >= 15 is 0 Å². The standard InChI is InChI=1S/C19H20ClF2N3/c20-17-15-12-25(11-13-4-2-1-3-5-13)9-7-16(15)23-18(24-17)14-6-8-19(21,22)10-14/h1-5,14H,6-12H2. The monoisotopic (exact) mass is 363 g/mol. The molecule has 0 spiro atoms. The SMILES string of the molecule is FC1(F)CCC(c2nc(Cl)c3c(n2)CCN(Cc2ccccc2)C3)C1. The van der Waals surface area contributed by atoms with Gasteiger partial charge >= 0.3 is 0 Å². The van der Waals surface area contributed by atoms with E-state index in [1.807, 2.05) is 18.2 Å². The first-order valence-electron chi connectivity index (χ1n) is 8.69. The van der Waals surface area contributed by atoms with Gasteiger partial charge in [0.05, 0.1) is 5.69 Å². The van der Waals surface area contributed by atoms with E-state index in [4.69, 9.17) is 11.6 Å². The second kappa shape index (κ2) is 6.61. The van der Waals surface area contributed by atoms with Crippen molar-refractivity contribution in [3.05, 3.63) is 58.1 Å². The summed E-state index contributed by atoms with van der Waals surface area (Å²) in [5.41, 5.74) is 3.12. The summed E-state index contributed by atoms with van der Waals surface area (Å²) in [6.45, 7) is 2.44. The summed E-state index contributed by atoms with van der Waals surface area (Å²) in [7, 11) is 0. The lowest BCUT2D eigenvalue weighted by molar-refractivity contribution is 0.00752. The highest BCUT2D eigenvalue weighted by atomic mass is 35.5. The summed E-state index contributed by atoms with van der Waals surface area (Å²) in [5.74, 6) is -2.37. The first-order valence-corrected chi connectivity index (χ1v) is 9.07. The van der Waals surface area contributed by atoms with Crippen molar-refractivity contribution >= 4 is 11.6 Å². The van der Waals surface area contributed by atoms with Crippen molar-refractivity contribution in [2.45, 2.75) is 50.6 Å². The molecule has 1 aliphatic heterocycles. The molecule has 0 N–H and O–H groups in total. The molecule has 4 rings (SSSR count). The van der Waals surface area contributed by atoms with Crippen LogP contribution in [-0.2, 0) is 19.5 Å². The number of benzene rings is 1. The molecule has 1 aliphatic carbocycles. The molecule has 1 unspecified atom stereocenters. The molecular formula is C19H20ClF2N3. The van der Waals surface area contributed by atoms with Crippen LogP contribution in [0.15, 0.2) is 30.3 Å². The fourth-order valence-electron chi connectivity index (χ4n) is 3.78. The molecule has 2 aliphatic rings. The highest BCUT2D eigenvalue weighted by Gasteiger charge is 2.41. The van der Waals surface area contributed by atoms with Gasteiger partial charge in [0.15, 0.2) is 0 Å². The van der Waals surface area contributed by atoms with Crippen molar-refractivity contribution in [3.8, 4) is 0 Å². The molecule has 1 atom stereocenters. The van der Waals surface area contributed by atoms with E-state index in [0.29, 0.717) is 23.9 Å². The molecule has 6 heteroatoms. The Balaban J connectivity index is 1.52. The summed E-state index contributed by atoms with van der Waals surface area (Å²) < 4.78 is 27.0. The molecular weight excluding hydrogens is 344 g/mol. The zero-order valence-corrected chi connectivity index (χ0v) is 14.6. The van der Waals surface area contributed by atoms with Crippen LogP contribution in [0.2, 0.25) is 5.15 Å². The Morgan fingerprint density at radius 1 is 1.20 bits per heavy atom. The Labute approximate surface area is 151 Å². The first kappa shape index (κ1) is 16.9. The fourth-order valence-corrected chi connectivity index (χ4v) is 4.03. The van der Waals surface area contributed by atoms with Gasteiger partial charge in [-0.2, -0.15) is 0 Å². The third-order valence-electron chi connectivity index (χ3n) is 5.12. The van der Waals surface area contributed by atoms with Gasteiger partial charge in [0, 0.05) is 50.4 Å². The maximum atomic E-state index is 13.5. The van der Waals surface area contributed by atoms with E-state index in [1.54, 1.807) is 0 Å². The Kier molecular flexibility index (Phi) is 4.46. The minimum absolute atomic E-state index is 0.0828. The van der Waals surface area contributed by atoms with Gasteiger partial charge in [0.1, 0.15) is 11.0 Å². The average molecular weight is 364 g/mol. The predicted octanol–water partition coefficient (Wildman–Crippen LogP) is 4.59. The lowest BCUT2D eigenvalue weighted by Crippen LogP contribution is -2.31. The summed E-state index contributed by atoms with van der Waals surface area (Å²) in [6.07, 6.45) is 0.964. The van der Waals surface area contributed by atoms with Crippen molar-refractivity contribution in [1.82, 2.24) is 14.9 Å². The van der Waals surface area contributed by atoms with E-state index in [9.17, 15) is 8.78 Å². The predicted molar refractivity (Wildman–Crippen MR) is 92.8 cm³/mol. The Morgan fingerprint density at radius 2 is 2.00 bits per heavy atom. The number of fused-ring (bicyclic) bond motifs is 1. The molecule has 0 saturated heterocycles. The molecule has 2 aromatic rings. The van der Waals surface area contributed by atoms with Crippen molar-refractivity contribution < 1.29 is 8.78 Å². The van der Waals surface area contributed by atoms with Gasteiger partial charge in [-0.05, 0) is 12.0 Å². The van der Waals surface area contributed by atoms with Crippen LogP contribution in [0.1, 0.15) is 47.8 Å².